The van der Waals surface area contributed by atoms with Gasteiger partial charge in [0.25, 0.3) is 0 Å². The highest BCUT2D eigenvalue weighted by molar-refractivity contribution is 5.77. The van der Waals surface area contributed by atoms with Gasteiger partial charge in [-0.15, -0.1) is 0 Å². The zero-order valence-corrected chi connectivity index (χ0v) is 11.3. The van der Waals surface area contributed by atoms with E-state index in [-0.39, 0.29) is 24.4 Å². The van der Waals surface area contributed by atoms with Crippen LogP contribution in [0.25, 0.3) is 0 Å². The molecule has 8 nitrogen and oxygen atoms in total. The van der Waals surface area contributed by atoms with Crippen LogP contribution in [0.2, 0.25) is 0 Å². The second kappa shape index (κ2) is 6.19. The van der Waals surface area contributed by atoms with Crippen molar-refractivity contribution < 1.29 is 19.2 Å². The van der Waals surface area contributed by atoms with E-state index in [1.165, 1.54) is 13.2 Å². The number of nitro groups is 1. The number of hydrogen-bond acceptors (Lipinski definition) is 7. The van der Waals surface area contributed by atoms with Crippen LogP contribution >= 0.6 is 0 Å². The summed E-state index contributed by atoms with van der Waals surface area (Å²) in [5, 5.41) is 20.2. The third-order valence-electron chi connectivity index (χ3n) is 3.19. The monoisotopic (exact) mass is 291 g/mol. The largest absolute Gasteiger partial charge is 0.467 e. The lowest BCUT2D eigenvalue weighted by Gasteiger charge is -2.32. The first-order valence-electron chi connectivity index (χ1n) is 6.20. The van der Waals surface area contributed by atoms with E-state index >= 15 is 0 Å². The summed E-state index contributed by atoms with van der Waals surface area (Å²) in [6.45, 7) is 0.777. The van der Waals surface area contributed by atoms with E-state index in [4.69, 9.17) is 10.00 Å². The van der Waals surface area contributed by atoms with Crippen LogP contribution in [0.5, 0.6) is 0 Å². The number of rotatable bonds is 3. The van der Waals surface area contributed by atoms with Crippen LogP contribution in [0.4, 0.5) is 11.4 Å². The molecule has 1 saturated heterocycles. The quantitative estimate of drug-likeness (QED) is 0.461. The molecule has 1 aliphatic rings. The highest BCUT2D eigenvalue weighted by atomic mass is 16.6. The lowest BCUT2D eigenvalue weighted by molar-refractivity contribution is -0.384. The molecule has 110 valence electrons. The first-order valence-corrected chi connectivity index (χ1v) is 6.20. The standard InChI is InChI=1S/C13H13N3O5/c1-20-13(17)11-8-15(5-6-21-11)10-4-2-3-9(7-14)12(10)16(18)19/h2-4,11H,5-6,8H2,1H3. The SMILES string of the molecule is COC(=O)C1CN(c2cccc(C#N)c2[N+](=O)[O-])CCO1. The fourth-order valence-corrected chi connectivity index (χ4v) is 2.21. The Morgan fingerprint density at radius 3 is 3.00 bits per heavy atom. The summed E-state index contributed by atoms with van der Waals surface area (Å²) in [6, 6.07) is 6.33. The molecule has 0 spiro atoms. The number of carbonyl (C=O) groups excluding carboxylic acids is 1. The van der Waals surface area contributed by atoms with Crippen molar-refractivity contribution in [3.63, 3.8) is 0 Å². The molecule has 21 heavy (non-hydrogen) atoms. The van der Waals surface area contributed by atoms with E-state index in [0.29, 0.717) is 12.2 Å². The van der Waals surface area contributed by atoms with Crippen molar-refractivity contribution in [2.75, 3.05) is 31.7 Å². The maximum absolute atomic E-state index is 11.5. The topological polar surface area (TPSA) is 106 Å². The average molecular weight is 291 g/mol. The number of morpholine rings is 1. The molecule has 0 bridgehead atoms. The summed E-state index contributed by atoms with van der Waals surface area (Å²) in [5.74, 6) is -0.529. The normalized spacial score (nSPS) is 17.9. The van der Waals surface area contributed by atoms with Crippen LogP contribution in [0.1, 0.15) is 5.56 Å². The Kier molecular flexibility index (Phi) is 4.35. The van der Waals surface area contributed by atoms with E-state index in [0.717, 1.165) is 0 Å². The second-order valence-corrected chi connectivity index (χ2v) is 4.37. The van der Waals surface area contributed by atoms with E-state index < -0.39 is 17.0 Å². The zero-order chi connectivity index (χ0) is 15.4. The van der Waals surface area contributed by atoms with Gasteiger partial charge in [-0.1, -0.05) is 6.07 Å². The number of nitriles is 1. The second-order valence-electron chi connectivity index (χ2n) is 4.37. The summed E-state index contributed by atoms with van der Waals surface area (Å²) in [4.78, 5) is 23.8. The van der Waals surface area contributed by atoms with Gasteiger partial charge in [0.05, 0.1) is 25.2 Å². The summed E-state index contributed by atoms with van der Waals surface area (Å²) >= 11 is 0. The smallest absolute Gasteiger partial charge is 0.336 e. The molecule has 0 aromatic heterocycles. The van der Waals surface area contributed by atoms with Crippen molar-refractivity contribution >= 4 is 17.3 Å². The molecule has 1 fully saturated rings. The third kappa shape index (κ3) is 2.93. The predicted molar refractivity (Wildman–Crippen MR) is 71.8 cm³/mol. The minimum absolute atomic E-state index is 0.0152. The summed E-state index contributed by atoms with van der Waals surface area (Å²) in [5.41, 5.74) is 0.0281. The molecule has 1 heterocycles. The number of anilines is 1. The molecule has 1 aliphatic heterocycles. The number of carbonyl (C=O) groups is 1. The Balaban J connectivity index is 2.36. The summed E-state index contributed by atoms with van der Waals surface area (Å²) in [6.07, 6.45) is -0.797. The van der Waals surface area contributed by atoms with Crippen molar-refractivity contribution in [2.24, 2.45) is 0 Å². The number of hydrogen-bond donors (Lipinski definition) is 0. The first-order chi connectivity index (χ1) is 10.1. The number of nitro benzene ring substituents is 1. The minimum Gasteiger partial charge on any atom is -0.467 e. The maximum atomic E-state index is 11.5. The van der Waals surface area contributed by atoms with E-state index in [2.05, 4.69) is 4.74 Å². The molecule has 1 unspecified atom stereocenters. The lowest BCUT2D eigenvalue weighted by Crippen LogP contribution is -2.46. The van der Waals surface area contributed by atoms with Gasteiger partial charge in [0.1, 0.15) is 17.3 Å². The van der Waals surface area contributed by atoms with Crippen molar-refractivity contribution in [1.29, 1.82) is 5.26 Å². The average Bonchev–Trinajstić information content (AvgIpc) is 2.53. The number of nitrogens with zero attached hydrogens (tertiary/aromatic N) is 3. The van der Waals surface area contributed by atoms with Crippen molar-refractivity contribution in [3.8, 4) is 6.07 Å². The van der Waals surface area contributed by atoms with Gasteiger partial charge in [0.2, 0.25) is 0 Å². The minimum atomic E-state index is -0.797. The number of methoxy groups -OCH3 is 1. The van der Waals surface area contributed by atoms with Gasteiger partial charge in [0.15, 0.2) is 6.10 Å². The van der Waals surface area contributed by atoms with Gasteiger partial charge >= 0.3 is 11.7 Å². The van der Waals surface area contributed by atoms with Crippen LogP contribution in [0, 0.1) is 21.4 Å². The van der Waals surface area contributed by atoms with Crippen LogP contribution in [-0.2, 0) is 14.3 Å². The molecule has 0 saturated carbocycles. The maximum Gasteiger partial charge on any atom is 0.336 e. The number of benzene rings is 1. The fourth-order valence-electron chi connectivity index (χ4n) is 2.21. The molecule has 0 aliphatic carbocycles. The Bertz CT molecular complexity index is 610. The van der Waals surface area contributed by atoms with Gasteiger partial charge in [-0.05, 0) is 12.1 Å². The van der Waals surface area contributed by atoms with E-state index in [1.54, 1.807) is 17.0 Å². The highest BCUT2D eigenvalue weighted by Crippen LogP contribution is 2.32. The molecule has 1 atom stereocenters. The first kappa shape index (κ1) is 14.7. The zero-order valence-electron chi connectivity index (χ0n) is 11.3. The Morgan fingerprint density at radius 2 is 2.38 bits per heavy atom. The number of ether oxygens (including phenoxy) is 2. The van der Waals surface area contributed by atoms with E-state index in [9.17, 15) is 14.9 Å². The molecule has 8 heteroatoms. The number of esters is 1. The molecular weight excluding hydrogens is 278 g/mol. The van der Waals surface area contributed by atoms with E-state index in [1.807, 2.05) is 6.07 Å². The van der Waals surface area contributed by atoms with Crippen LogP contribution in [-0.4, -0.2) is 43.8 Å². The van der Waals surface area contributed by atoms with Crippen LogP contribution < -0.4 is 4.90 Å². The predicted octanol–water partition coefficient (Wildman–Crippen LogP) is 0.845. The molecule has 0 radical (unpaired) electrons. The highest BCUT2D eigenvalue weighted by Gasteiger charge is 2.31. The third-order valence-corrected chi connectivity index (χ3v) is 3.19. The molecule has 2 rings (SSSR count). The van der Waals surface area contributed by atoms with Gasteiger partial charge < -0.3 is 14.4 Å². The van der Waals surface area contributed by atoms with Crippen molar-refractivity contribution in [3.05, 3.63) is 33.9 Å². The Labute approximate surface area is 120 Å². The Morgan fingerprint density at radius 1 is 1.62 bits per heavy atom. The number of para-hydroxylation sites is 1. The summed E-state index contributed by atoms with van der Waals surface area (Å²) < 4.78 is 9.91. The Hall–Kier alpha value is -2.66. The fraction of sp³-hybridized carbons (Fsp3) is 0.385. The lowest BCUT2D eigenvalue weighted by atomic mass is 10.1. The molecule has 0 N–H and O–H groups in total. The van der Waals surface area contributed by atoms with Gasteiger partial charge in [0, 0.05) is 6.54 Å². The van der Waals surface area contributed by atoms with Gasteiger partial charge in [-0.2, -0.15) is 5.26 Å². The van der Waals surface area contributed by atoms with Crippen LogP contribution in [0.3, 0.4) is 0 Å². The molecule has 0 amide bonds. The molecule has 1 aromatic carbocycles. The summed E-state index contributed by atoms with van der Waals surface area (Å²) in [7, 11) is 1.25. The van der Waals surface area contributed by atoms with Crippen LogP contribution in [0.15, 0.2) is 18.2 Å². The van der Waals surface area contributed by atoms with Crippen molar-refractivity contribution in [1.82, 2.24) is 0 Å². The van der Waals surface area contributed by atoms with Gasteiger partial charge in [-0.3, -0.25) is 10.1 Å². The molecular formula is C13H13N3O5. The van der Waals surface area contributed by atoms with Gasteiger partial charge in [-0.25, -0.2) is 4.79 Å². The van der Waals surface area contributed by atoms with Crippen molar-refractivity contribution in [2.45, 2.75) is 6.10 Å². The molecule has 1 aromatic rings.